The summed E-state index contributed by atoms with van der Waals surface area (Å²) in [5.74, 6) is 1.77. The predicted octanol–water partition coefficient (Wildman–Crippen LogP) is 3.05. The maximum atomic E-state index is 12.8. The molecule has 5 heteroatoms. The number of fused-ring (bicyclic) bond motifs is 2. The SMILES string of the molecule is CC(c1ccc(S(C)(=O)=O)cc1)N(C)C(=O)C1CC2CCC1C2. The van der Waals surface area contributed by atoms with Gasteiger partial charge in [0.2, 0.25) is 5.91 Å². The summed E-state index contributed by atoms with van der Waals surface area (Å²) in [6.45, 7) is 2.00. The molecule has 126 valence electrons. The van der Waals surface area contributed by atoms with E-state index in [0.29, 0.717) is 10.8 Å². The van der Waals surface area contributed by atoms with Gasteiger partial charge in [0.25, 0.3) is 0 Å². The quantitative estimate of drug-likeness (QED) is 0.850. The molecule has 4 nitrogen and oxygen atoms in total. The van der Waals surface area contributed by atoms with Crippen molar-refractivity contribution in [2.75, 3.05) is 13.3 Å². The molecule has 2 aliphatic carbocycles. The third-order valence-electron chi connectivity index (χ3n) is 5.77. The number of hydrogen-bond donors (Lipinski definition) is 0. The fourth-order valence-electron chi connectivity index (χ4n) is 4.22. The molecular formula is C18H25NO3S. The van der Waals surface area contributed by atoms with E-state index in [1.165, 1.54) is 25.5 Å². The molecule has 0 aliphatic heterocycles. The lowest BCUT2D eigenvalue weighted by molar-refractivity contribution is -0.137. The molecule has 2 aliphatic rings. The van der Waals surface area contributed by atoms with Gasteiger partial charge >= 0.3 is 0 Å². The van der Waals surface area contributed by atoms with Crippen molar-refractivity contribution in [3.8, 4) is 0 Å². The van der Waals surface area contributed by atoms with Gasteiger partial charge in [0.15, 0.2) is 9.84 Å². The Balaban J connectivity index is 1.72. The number of hydrogen-bond acceptors (Lipinski definition) is 3. The largest absolute Gasteiger partial charge is 0.339 e. The maximum Gasteiger partial charge on any atom is 0.226 e. The van der Waals surface area contributed by atoms with E-state index in [1.54, 1.807) is 12.1 Å². The average Bonchev–Trinajstić information content (AvgIpc) is 3.15. The third kappa shape index (κ3) is 3.16. The lowest BCUT2D eigenvalue weighted by Gasteiger charge is -2.31. The molecule has 23 heavy (non-hydrogen) atoms. The summed E-state index contributed by atoms with van der Waals surface area (Å²) >= 11 is 0. The topological polar surface area (TPSA) is 54.5 Å². The summed E-state index contributed by atoms with van der Waals surface area (Å²) in [4.78, 5) is 15.0. The van der Waals surface area contributed by atoms with E-state index >= 15 is 0 Å². The molecule has 1 aromatic carbocycles. The molecule has 3 rings (SSSR count). The summed E-state index contributed by atoms with van der Waals surface area (Å²) in [5.41, 5.74) is 0.969. The van der Waals surface area contributed by atoms with Crippen molar-refractivity contribution in [2.24, 2.45) is 17.8 Å². The highest BCUT2D eigenvalue weighted by molar-refractivity contribution is 7.90. The Morgan fingerprint density at radius 3 is 2.30 bits per heavy atom. The minimum atomic E-state index is -3.18. The highest BCUT2D eigenvalue weighted by atomic mass is 32.2. The van der Waals surface area contributed by atoms with Crippen molar-refractivity contribution in [3.63, 3.8) is 0 Å². The second kappa shape index (κ2) is 5.93. The lowest BCUT2D eigenvalue weighted by atomic mass is 9.87. The second-order valence-electron chi connectivity index (χ2n) is 7.25. The molecule has 1 amide bonds. The summed E-state index contributed by atoms with van der Waals surface area (Å²) in [5, 5.41) is 0. The maximum absolute atomic E-state index is 12.8. The smallest absolute Gasteiger partial charge is 0.226 e. The van der Waals surface area contributed by atoms with Crippen LogP contribution in [0.2, 0.25) is 0 Å². The Morgan fingerprint density at radius 1 is 1.17 bits per heavy atom. The van der Waals surface area contributed by atoms with Gasteiger partial charge in [-0.1, -0.05) is 18.6 Å². The molecule has 1 aromatic rings. The number of nitrogens with zero attached hydrogens (tertiary/aromatic N) is 1. The van der Waals surface area contributed by atoms with Gasteiger partial charge in [0.05, 0.1) is 10.9 Å². The molecule has 4 atom stereocenters. The van der Waals surface area contributed by atoms with Crippen molar-refractivity contribution >= 4 is 15.7 Å². The van der Waals surface area contributed by atoms with Crippen LogP contribution in [0.25, 0.3) is 0 Å². The van der Waals surface area contributed by atoms with Crippen molar-refractivity contribution in [1.29, 1.82) is 0 Å². The average molecular weight is 335 g/mol. The number of carbonyl (C=O) groups is 1. The highest BCUT2D eigenvalue weighted by Gasteiger charge is 2.44. The van der Waals surface area contributed by atoms with Crippen LogP contribution in [-0.4, -0.2) is 32.5 Å². The van der Waals surface area contributed by atoms with E-state index in [4.69, 9.17) is 0 Å². The number of benzene rings is 1. The first kappa shape index (κ1) is 16.5. The van der Waals surface area contributed by atoms with Crippen molar-refractivity contribution in [1.82, 2.24) is 4.90 Å². The monoisotopic (exact) mass is 335 g/mol. The summed E-state index contributed by atoms with van der Waals surface area (Å²) in [6.07, 6.45) is 5.97. The van der Waals surface area contributed by atoms with Crippen molar-refractivity contribution in [2.45, 2.75) is 43.5 Å². The molecule has 0 aromatic heterocycles. The molecule has 0 spiro atoms. The van der Waals surface area contributed by atoms with Crippen molar-refractivity contribution in [3.05, 3.63) is 29.8 Å². The van der Waals surface area contributed by atoms with Gasteiger partial charge in [-0.2, -0.15) is 0 Å². The third-order valence-corrected chi connectivity index (χ3v) is 6.90. The molecule has 2 bridgehead atoms. The first-order valence-corrected chi connectivity index (χ1v) is 10.2. The second-order valence-corrected chi connectivity index (χ2v) is 9.26. The number of amides is 1. The van der Waals surface area contributed by atoms with Crippen LogP contribution < -0.4 is 0 Å². The van der Waals surface area contributed by atoms with Crippen LogP contribution in [0.3, 0.4) is 0 Å². The zero-order valence-corrected chi connectivity index (χ0v) is 14.8. The van der Waals surface area contributed by atoms with Crippen LogP contribution in [0.5, 0.6) is 0 Å². The zero-order chi connectivity index (χ0) is 16.8. The Morgan fingerprint density at radius 2 is 1.83 bits per heavy atom. The van der Waals surface area contributed by atoms with Gasteiger partial charge in [-0.15, -0.1) is 0 Å². The van der Waals surface area contributed by atoms with Crippen LogP contribution in [0, 0.1) is 17.8 Å². The zero-order valence-electron chi connectivity index (χ0n) is 14.0. The molecule has 4 unspecified atom stereocenters. The Labute approximate surface area is 138 Å². The molecule has 0 saturated heterocycles. The van der Waals surface area contributed by atoms with Crippen LogP contribution in [0.1, 0.15) is 44.2 Å². The lowest BCUT2D eigenvalue weighted by Crippen LogP contribution is -2.37. The van der Waals surface area contributed by atoms with E-state index in [1.807, 2.05) is 31.0 Å². The first-order chi connectivity index (χ1) is 10.8. The minimum Gasteiger partial charge on any atom is -0.339 e. The Hall–Kier alpha value is -1.36. The molecule has 0 heterocycles. The Kier molecular flexibility index (Phi) is 4.25. The van der Waals surface area contributed by atoms with Crippen LogP contribution in [-0.2, 0) is 14.6 Å². The summed E-state index contributed by atoms with van der Waals surface area (Å²) in [6, 6.07) is 6.82. The molecule has 2 saturated carbocycles. The number of sulfone groups is 1. The molecule has 0 radical (unpaired) electrons. The van der Waals surface area contributed by atoms with E-state index in [9.17, 15) is 13.2 Å². The standard InChI is InChI=1S/C18H25NO3S/c1-12(14-6-8-16(9-7-14)23(3,21)22)19(2)18(20)17-11-13-4-5-15(17)10-13/h6-9,12-13,15,17H,4-5,10-11H2,1-3H3. The van der Waals surface area contributed by atoms with Crippen LogP contribution in [0.15, 0.2) is 29.2 Å². The fourth-order valence-corrected chi connectivity index (χ4v) is 4.85. The minimum absolute atomic E-state index is 0.0461. The molecule has 0 N–H and O–H groups in total. The van der Waals surface area contributed by atoms with Gasteiger partial charge in [-0.3, -0.25) is 4.79 Å². The van der Waals surface area contributed by atoms with Gasteiger partial charge in [-0.25, -0.2) is 8.42 Å². The number of carbonyl (C=O) groups excluding carboxylic acids is 1. The van der Waals surface area contributed by atoms with Crippen LogP contribution in [0.4, 0.5) is 0 Å². The Bertz CT molecular complexity index is 695. The van der Waals surface area contributed by atoms with Gasteiger partial charge in [0, 0.05) is 19.2 Å². The summed E-state index contributed by atoms with van der Waals surface area (Å²) in [7, 11) is -1.32. The number of rotatable bonds is 4. The van der Waals surface area contributed by atoms with E-state index in [2.05, 4.69) is 0 Å². The predicted molar refractivity (Wildman–Crippen MR) is 89.7 cm³/mol. The fraction of sp³-hybridized carbons (Fsp3) is 0.611. The normalized spacial score (nSPS) is 27.9. The van der Waals surface area contributed by atoms with Gasteiger partial charge in [-0.05, 0) is 55.7 Å². The van der Waals surface area contributed by atoms with E-state index in [-0.39, 0.29) is 17.9 Å². The van der Waals surface area contributed by atoms with Gasteiger partial charge < -0.3 is 4.90 Å². The first-order valence-electron chi connectivity index (χ1n) is 8.34. The van der Waals surface area contributed by atoms with Crippen LogP contribution >= 0.6 is 0 Å². The molecular weight excluding hydrogens is 310 g/mol. The van der Waals surface area contributed by atoms with E-state index in [0.717, 1.165) is 17.9 Å². The van der Waals surface area contributed by atoms with Crippen molar-refractivity contribution < 1.29 is 13.2 Å². The molecule has 2 fully saturated rings. The highest BCUT2D eigenvalue weighted by Crippen LogP contribution is 2.49. The summed E-state index contributed by atoms with van der Waals surface area (Å²) < 4.78 is 23.1. The van der Waals surface area contributed by atoms with Gasteiger partial charge in [0.1, 0.15) is 0 Å². The van der Waals surface area contributed by atoms with E-state index < -0.39 is 9.84 Å².